The van der Waals surface area contributed by atoms with Gasteiger partial charge >= 0.3 is 0 Å². The summed E-state index contributed by atoms with van der Waals surface area (Å²) in [7, 11) is 0. The highest BCUT2D eigenvalue weighted by atomic mass is 35.5. The Morgan fingerprint density at radius 2 is 1.95 bits per heavy atom. The van der Waals surface area contributed by atoms with E-state index in [9.17, 15) is 0 Å². The Morgan fingerprint density at radius 1 is 1.11 bits per heavy atom. The van der Waals surface area contributed by atoms with Gasteiger partial charge < -0.3 is 4.98 Å². The van der Waals surface area contributed by atoms with Crippen LogP contribution in [0.1, 0.15) is 11.4 Å². The minimum atomic E-state index is 0.527. The summed E-state index contributed by atoms with van der Waals surface area (Å²) in [5, 5.41) is 1.07. The van der Waals surface area contributed by atoms with Crippen LogP contribution in [0.2, 0.25) is 10.0 Å². The molecule has 0 amide bonds. The maximum Gasteiger partial charge on any atom is 0.107 e. The highest BCUT2D eigenvalue weighted by molar-refractivity contribution is 6.42. The minimum Gasteiger partial charge on any atom is -0.342 e. The number of imidazole rings is 1. The average Bonchev–Trinajstić information content (AvgIpc) is 2.80. The molecule has 1 aromatic carbocycles. The molecule has 2 aromatic heterocycles. The van der Waals surface area contributed by atoms with Gasteiger partial charge in [-0.1, -0.05) is 29.3 Å². The Balaban J connectivity index is 1.82. The van der Waals surface area contributed by atoms with Crippen LogP contribution in [0, 0.1) is 0 Å². The molecule has 0 saturated heterocycles. The molecule has 0 bridgehead atoms. The normalized spacial score (nSPS) is 11.1. The van der Waals surface area contributed by atoms with Crippen molar-refractivity contribution < 1.29 is 0 Å². The van der Waals surface area contributed by atoms with Crippen molar-refractivity contribution in [1.82, 2.24) is 15.0 Å². The second-order valence-corrected chi connectivity index (χ2v) is 5.14. The van der Waals surface area contributed by atoms with Gasteiger partial charge in [0.05, 0.1) is 21.1 Å². The molecular formula is C14H11Cl2N3. The molecule has 1 N–H and O–H groups in total. The number of hydrogen-bond acceptors (Lipinski definition) is 2. The molecule has 0 saturated carbocycles. The van der Waals surface area contributed by atoms with Crippen LogP contribution in [0.5, 0.6) is 0 Å². The van der Waals surface area contributed by atoms with E-state index >= 15 is 0 Å². The molecule has 0 aliphatic rings. The quantitative estimate of drug-likeness (QED) is 0.791. The third kappa shape index (κ3) is 2.72. The first-order valence-electron chi connectivity index (χ1n) is 5.95. The van der Waals surface area contributed by atoms with Crippen LogP contribution in [-0.4, -0.2) is 15.0 Å². The van der Waals surface area contributed by atoms with Gasteiger partial charge in [0, 0.05) is 18.8 Å². The van der Waals surface area contributed by atoms with E-state index in [0.29, 0.717) is 10.0 Å². The van der Waals surface area contributed by atoms with E-state index in [1.165, 1.54) is 5.56 Å². The Morgan fingerprint density at radius 3 is 2.74 bits per heavy atom. The zero-order valence-corrected chi connectivity index (χ0v) is 11.5. The molecule has 0 radical (unpaired) electrons. The summed E-state index contributed by atoms with van der Waals surface area (Å²) in [4.78, 5) is 11.9. The van der Waals surface area contributed by atoms with E-state index in [-0.39, 0.29) is 0 Å². The number of hydrogen-bond donors (Lipinski definition) is 1. The van der Waals surface area contributed by atoms with Crippen LogP contribution < -0.4 is 0 Å². The Labute approximate surface area is 120 Å². The van der Waals surface area contributed by atoms with Crippen molar-refractivity contribution in [2.75, 3.05) is 0 Å². The largest absolute Gasteiger partial charge is 0.342 e. The fourth-order valence-corrected chi connectivity index (χ4v) is 2.31. The molecule has 96 valence electrons. The molecule has 3 nitrogen and oxygen atoms in total. The summed E-state index contributed by atoms with van der Waals surface area (Å²) >= 11 is 12.0. The van der Waals surface area contributed by atoms with E-state index in [0.717, 1.165) is 29.7 Å². The van der Waals surface area contributed by atoms with E-state index in [2.05, 4.69) is 21.0 Å². The number of benzene rings is 1. The van der Waals surface area contributed by atoms with Crippen molar-refractivity contribution >= 4 is 34.2 Å². The van der Waals surface area contributed by atoms with E-state index < -0.39 is 0 Å². The molecule has 0 unspecified atom stereocenters. The molecular weight excluding hydrogens is 281 g/mol. The fourth-order valence-electron chi connectivity index (χ4n) is 1.98. The molecule has 0 atom stereocenters. The second kappa shape index (κ2) is 5.19. The van der Waals surface area contributed by atoms with Crippen LogP contribution in [0.4, 0.5) is 0 Å². The minimum absolute atomic E-state index is 0.527. The average molecular weight is 292 g/mol. The summed E-state index contributed by atoms with van der Waals surface area (Å²) in [6, 6.07) is 7.58. The van der Waals surface area contributed by atoms with Gasteiger partial charge in [0.25, 0.3) is 0 Å². The van der Waals surface area contributed by atoms with Crippen LogP contribution in [0.15, 0.2) is 36.7 Å². The summed E-state index contributed by atoms with van der Waals surface area (Å²) in [5.74, 6) is 0.928. The lowest BCUT2D eigenvalue weighted by molar-refractivity contribution is 0.884. The third-order valence-electron chi connectivity index (χ3n) is 2.95. The molecule has 2 heterocycles. The molecule has 0 fully saturated rings. The summed E-state index contributed by atoms with van der Waals surface area (Å²) in [6.45, 7) is 0. The zero-order chi connectivity index (χ0) is 13.2. The standard InChI is InChI=1S/C14H11Cl2N3/c15-10-6-12-13(7-11(10)16)19-14(18-12)4-3-9-2-1-5-17-8-9/h1-2,5-8H,3-4H2,(H,18,19). The lowest BCUT2D eigenvalue weighted by atomic mass is 10.1. The lowest BCUT2D eigenvalue weighted by Gasteiger charge is -1.97. The summed E-state index contributed by atoms with van der Waals surface area (Å²) < 4.78 is 0. The number of fused-ring (bicyclic) bond motifs is 1. The van der Waals surface area contributed by atoms with Crippen LogP contribution in [0.25, 0.3) is 11.0 Å². The SMILES string of the molecule is Clc1cc2nc(CCc3cccnc3)[nH]c2cc1Cl. The number of pyridine rings is 1. The van der Waals surface area contributed by atoms with Gasteiger partial charge in [-0.25, -0.2) is 4.98 Å². The zero-order valence-electron chi connectivity index (χ0n) is 10.0. The second-order valence-electron chi connectivity index (χ2n) is 4.33. The predicted octanol–water partition coefficient (Wildman–Crippen LogP) is 4.05. The van der Waals surface area contributed by atoms with E-state index in [4.69, 9.17) is 23.2 Å². The number of nitrogens with one attached hydrogen (secondary N) is 1. The maximum absolute atomic E-state index is 5.98. The van der Waals surface area contributed by atoms with Crippen LogP contribution in [-0.2, 0) is 12.8 Å². The number of halogens is 2. The topological polar surface area (TPSA) is 41.6 Å². The first-order valence-corrected chi connectivity index (χ1v) is 6.70. The monoisotopic (exact) mass is 291 g/mol. The van der Waals surface area contributed by atoms with Crippen LogP contribution in [0.3, 0.4) is 0 Å². The van der Waals surface area contributed by atoms with E-state index in [1.807, 2.05) is 12.3 Å². The van der Waals surface area contributed by atoms with Crippen LogP contribution >= 0.6 is 23.2 Å². The Bertz CT molecular complexity index is 668. The number of H-pyrrole nitrogens is 1. The third-order valence-corrected chi connectivity index (χ3v) is 3.67. The maximum atomic E-state index is 5.98. The molecule has 19 heavy (non-hydrogen) atoms. The Hall–Kier alpha value is -1.58. The van der Waals surface area contributed by atoms with Gasteiger partial charge in [-0.3, -0.25) is 4.98 Å². The number of nitrogens with zero attached hydrogens (tertiary/aromatic N) is 2. The number of aromatic amines is 1. The van der Waals surface area contributed by atoms with Crippen molar-refractivity contribution in [2.45, 2.75) is 12.8 Å². The number of aromatic nitrogens is 3. The van der Waals surface area contributed by atoms with Crippen molar-refractivity contribution in [2.24, 2.45) is 0 Å². The summed E-state index contributed by atoms with van der Waals surface area (Å²) in [5.41, 5.74) is 2.95. The molecule has 0 aliphatic carbocycles. The van der Waals surface area contributed by atoms with Gasteiger partial charge in [0.2, 0.25) is 0 Å². The van der Waals surface area contributed by atoms with Gasteiger partial charge in [-0.2, -0.15) is 0 Å². The molecule has 0 spiro atoms. The fraction of sp³-hybridized carbons (Fsp3) is 0.143. The smallest absolute Gasteiger partial charge is 0.107 e. The summed E-state index contributed by atoms with van der Waals surface area (Å²) in [6.07, 6.45) is 5.37. The molecule has 5 heteroatoms. The molecule has 3 aromatic rings. The highest BCUT2D eigenvalue weighted by Gasteiger charge is 2.06. The number of aryl methyl sites for hydroxylation is 2. The molecule has 3 rings (SSSR count). The van der Waals surface area contributed by atoms with Crippen molar-refractivity contribution in [3.05, 3.63) is 58.1 Å². The first-order chi connectivity index (χ1) is 9.22. The first kappa shape index (κ1) is 12.5. The van der Waals surface area contributed by atoms with Crippen molar-refractivity contribution in [1.29, 1.82) is 0 Å². The molecule has 0 aliphatic heterocycles. The Kier molecular flexibility index (Phi) is 3.40. The van der Waals surface area contributed by atoms with Crippen molar-refractivity contribution in [3.63, 3.8) is 0 Å². The predicted molar refractivity (Wildman–Crippen MR) is 77.8 cm³/mol. The lowest BCUT2D eigenvalue weighted by Crippen LogP contribution is -1.93. The van der Waals surface area contributed by atoms with Gasteiger partial charge in [-0.15, -0.1) is 0 Å². The van der Waals surface area contributed by atoms with Gasteiger partial charge in [-0.05, 0) is 30.2 Å². The van der Waals surface area contributed by atoms with E-state index in [1.54, 1.807) is 18.3 Å². The van der Waals surface area contributed by atoms with Crippen molar-refractivity contribution in [3.8, 4) is 0 Å². The van der Waals surface area contributed by atoms with Gasteiger partial charge in [0.1, 0.15) is 5.82 Å². The van der Waals surface area contributed by atoms with Gasteiger partial charge in [0.15, 0.2) is 0 Å². The number of rotatable bonds is 3. The highest BCUT2D eigenvalue weighted by Crippen LogP contribution is 2.26.